The summed E-state index contributed by atoms with van der Waals surface area (Å²) >= 11 is 0. The van der Waals surface area contributed by atoms with Gasteiger partial charge in [0.05, 0.1) is 12.3 Å². The first-order valence-electron chi connectivity index (χ1n) is 11.3. The summed E-state index contributed by atoms with van der Waals surface area (Å²) < 4.78 is 10.9. The second-order valence-corrected chi connectivity index (χ2v) is 7.85. The van der Waals surface area contributed by atoms with Crippen LogP contribution in [-0.2, 0) is 25.5 Å². The predicted molar refractivity (Wildman–Crippen MR) is 127 cm³/mol. The zero-order valence-electron chi connectivity index (χ0n) is 19.0. The van der Waals surface area contributed by atoms with E-state index in [2.05, 4.69) is 21.2 Å². The Morgan fingerprint density at radius 2 is 1.79 bits per heavy atom. The number of ether oxygens (including phenoxy) is 2. The number of hydrazone groups is 1. The Hall–Kier alpha value is -3.72. The number of carbonyl (C=O) groups excluding carboxylic acids is 3. The van der Waals surface area contributed by atoms with Crippen LogP contribution in [0.25, 0.3) is 0 Å². The summed E-state index contributed by atoms with van der Waals surface area (Å²) in [5, 5.41) is 9.38. The highest BCUT2D eigenvalue weighted by Crippen LogP contribution is 2.12. The molecule has 0 aromatic heterocycles. The van der Waals surface area contributed by atoms with Gasteiger partial charge >= 0.3 is 0 Å². The van der Waals surface area contributed by atoms with E-state index >= 15 is 0 Å². The molecule has 1 heterocycles. The van der Waals surface area contributed by atoms with Crippen LogP contribution in [0.1, 0.15) is 30.4 Å². The molecule has 3 rings (SSSR count). The standard InChI is InChI=1S/C25H30N4O5/c30-23(26-13-12-19-5-2-1-3-6-19)15-24(31)29-28-16-20-8-10-21(11-9-20)34-18-25(32)27-17-22-7-4-14-33-22/h1-3,5-6,8-11,16,22H,4,7,12-15,17-18H2,(H,26,30)(H,27,32)(H,29,31)/b28-16+/t22-/m0/s1. The zero-order chi connectivity index (χ0) is 24.0. The summed E-state index contributed by atoms with van der Waals surface area (Å²) in [5.41, 5.74) is 4.18. The number of amides is 3. The number of hydrogen-bond donors (Lipinski definition) is 3. The summed E-state index contributed by atoms with van der Waals surface area (Å²) in [6.45, 7) is 1.63. The third-order valence-electron chi connectivity index (χ3n) is 5.10. The summed E-state index contributed by atoms with van der Waals surface area (Å²) in [6, 6.07) is 16.7. The van der Waals surface area contributed by atoms with Crippen LogP contribution in [0.2, 0.25) is 0 Å². The zero-order valence-corrected chi connectivity index (χ0v) is 19.0. The SMILES string of the molecule is O=C(COc1ccc(/C=N/NC(=O)CC(=O)NCCc2ccccc2)cc1)NC[C@@H]1CCCO1. The molecule has 9 nitrogen and oxygen atoms in total. The average molecular weight is 467 g/mol. The molecule has 0 unspecified atom stereocenters. The van der Waals surface area contributed by atoms with Gasteiger partial charge in [0.2, 0.25) is 11.8 Å². The van der Waals surface area contributed by atoms with E-state index in [-0.39, 0.29) is 30.9 Å². The van der Waals surface area contributed by atoms with E-state index in [1.807, 2.05) is 30.3 Å². The van der Waals surface area contributed by atoms with Gasteiger partial charge < -0.3 is 20.1 Å². The Labute approximate surface area is 198 Å². The van der Waals surface area contributed by atoms with Crippen molar-refractivity contribution in [1.82, 2.24) is 16.1 Å². The lowest BCUT2D eigenvalue weighted by Gasteiger charge is -2.11. The molecule has 2 aromatic carbocycles. The van der Waals surface area contributed by atoms with E-state index < -0.39 is 5.91 Å². The van der Waals surface area contributed by atoms with Crippen LogP contribution in [0, 0.1) is 0 Å². The maximum absolute atomic E-state index is 11.9. The molecule has 0 radical (unpaired) electrons. The van der Waals surface area contributed by atoms with E-state index in [4.69, 9.17) is 9.47 Å². The average Bonchev–Trinajstić information content (AvgIpc) is 3.37. The molecule has 180 valence electrons. The first kappa shape index (κ1) is 24.9. The van der Waals surface area contributed by atoms with Crippen LogP contribution >= 0.6 is 0 Å². The predicted octanol–water partition coefficient (Wildman–Crippen LogP) is 1.56. The number of hydrogen-bond acceptors (Lipinski definition) is 6. The number of rotatable bonds is 12. The number of benzene rings is 2. The molecular formula is C25H30N4O5. The van der Waals surface area contributed by atoms with Crippen molar-refractivity contribution in [2.45, 2.75) is 31.8 Å². The second-order valence-electron chi connectivity index (χ2n) is 7.85. The van der Waals surface area contributed by atoms with Crippen LogP contribution in [0.5, 0.6) is 5.75 Å². The lowest BCUT2D eigenvalue weighted by Crippen LogP contribution is -2.35. The van der Waals surface area contributed by atoms with Gasteiger partial charge in [-0.05, 0) is 54.7 Å². The highest BCUT2D eigenvalue weighted by Gasteiger charge is 2.16. The van der Waals surface area contributed by atoms with Crippen molar-refractivity contribution in [2.24, 2.45) is 5.10 Å². The van der Waals surface area contributed by atoms with Crippen LogP contribution in [0.3, 0.4) is 0 Å². The van der Waals surface area contributed by atoms with E-state index in [0.29, 0.717) is 25.3 Å². The normalized spacial score (nSPS) is 15.1. The lowest BCUT2D eigenvalue weighted by molar-refractivity contribution is -0.129. The van der Waals surface area contributed by atoms with Crippen LogP contribution < -0.4 is 20.8 Å². The van der Waals surface area contributed by atoms with E-state index in [0.717, 1.165) is 30.6 Å². The van der Waals surface area contributed by atoms with Gasteiger partial charge in [0, 0.05) is 19.7 Å². The van der Waals surface area contributed by atoms with Gasteiger partial charge in [-0.25, -0.2) is 5.43 Å². The van der Waals surface area contributed by atoms with Gasteiger partial charge in [0.25, 0.3) is 5.91 Å². The molecule has 0 bridgehead atoms. The van der Waals surface area contributed by atoms with Gasteiger partial charge in [0.1, 0.15) is 12.2 Å². The Balaban J connectivity index is 1.29. The summed E-state index contributed by atoms with van der Waals surface area (Å²) in [5.74, 6) is -0.513. The molecule has 2 aromatic rings. The summed E-state index contributed by atoms with van der Waals surface area (Å²) in [6.07, 6.45) is 3.95. The van der Waals surface area contributed by atoms with Crippen LogP contribution in [0.15, 0.2) is 59.7 Å². The first-order chi connectivity index (χ1) is 16.6. The minimum absolute atomic E-state index is 0.0797. The molecule has 1 aliphatic heterocycles. The highest BCUT2D eigenvalue weighted by atomic mass is 16.5. The van der Waals surface area contributed by atoms with Crippen LogP contribution in [0.4, 0.5) is 0 Å². The third kappa shape index (κ3) is 9.41. The van der Waals surface area contributed by atoms with Crippen molar-refractivity contribution >= 4 is 23.9 Å². The maximum Gasteiger partial charge on any atom is 0.258 e. The fourth-order valence-corrected chi connectivity index (χ4v) is 3.30. The first-order valence-corrected chi connectivity index (χ1v) is 11.3. The van der Waals surface area contributed by atoms with Crippen molar-refractivity contribution in [3.63, 3.8) is 0 Å². The molecule has 0 aliphatic carbocycles. The van der Waals surface area contributed by atoms with Crippen LogP contribution in [-0.4, -0.2) is 56.3 Å². The Kier molecular flexibility index (Phi) is 10.1. The Bertz CT molecular complexity index is 957. The van der Waals surface area contributed by atoms with Gasteiger partial charge in [-0.3, -0.25) is 14.4 Å². The molecule has 34 heavy (non-hydrogen) atoms. The minimum Gasteiger partial charge on any atom is -0.484 e. The monoisotopic (exact) mass is 466 g/mol. The number of carbonyl (C=O) groups is 3. The molecule has 1 saturated heterocycles. The third-order valence-corrected chi connectivity index (χ3v) is 5.10. The molecular weight excluding hydrogens is 436 g/mol. The Morgan fingerprint density at radius 1 is 1.00 bits per heavy atom. The van der Waals surface area contributed by atoms with E-state index in [1.165, 1.54) is 6.21 Å². The quantitative estimate of drug-likeness (QED) is 0.249. The van der Waals surface area contributed by atoms with E-state index in [9.17, 15) is 14.4 Å². The smallest absolute Gasteiger partial charge is 0.258 e. The van der Waals surface area contributed by atoms with Crippen molar-refractivity contribution in [2.75, 3.05) is 26.3 Å². The molecule has 0 saturated carbocycles. The van der Waals surface area contributed by atoms with Gasteiger partial charge in [0.15, 0.2) is 6.61 Å². The van der Waals surface area contributed by atoms with Crippen molar-refractivity contribution < 1.29 is 23.9 Å². The lowest BCUT2D eigenvalue weighted by atomic mass is 10.1. The summed E-state index contributed by atoms with van der Waals surface area (Å²) in [7, 11) is 0. The molecule has 9 heteroatoms. The molecule has 1 fully saturated rings. The minimum atomic E-state index is -0.498. The topological polar surface area (TPSA) is 118 Å². The van der Waals surface area contributed by atoms with Crippen molar-refractivity contribution in [3.05, 3.63) is 65.7 Å². The highest BCUT2D eigenvalue weighted by molar-refractivity contribution is 5.97. The number of nitrogens with one attached hydrogen (secondary N) is 3. The van der Waals surface area contributed by atoms with Gasteiger partial charge in [-0.2, -0.15) is 5.10 Å². The molecule has 3 amide bonds. The fraction of sp³-hybridized carbons (Fsp3) is 0.360. The molecule has 3 N–H and O–H groups in total. The van der Waals surface area contributed by atoms with Crippen molar-refractivity contribution in [1.29, 1.82) is 0 Å². The molecule has 1 atom stereocenters. The van der Waals surface area contributed by atoms with Gasteiger partial charge in [-0.15, -0.1) is 0 Å². The molecule has 1 aliphatic rings. The number of nitrogens with zero attached hydrogens (tertiary/aromatic N) is 1. The summed E-state index contributed by atoms with van der Waals surface area (Å²) in [4.78, 5) is 35.6. The van der Waals surface area contributed by atoms with Gasteiger partial charge in [-0.1, -0.05) is 30.3 Å². The fourth-order valence-electron chi connectivity index (χ4n) is 3.30. The second kappa shape index (κ2) is 13.7. The Morgan fingerprint density at radius 3 is 2.53 bits per heavy atom. The largest absolute Gasteiger partial charge is 0.484 e. The van der Waals surface area contributed by atoms with E-state index in [1.54, 1.807) is 24.3 Å². The maximum atomic E-state index is 11.9. The molecule has 0 spiro atoms. The van der Waals surface area contributed by atoms with Crippen molar-refractivity contribution in [3.8, 4) is 5.75 Å².